The highest BCUT2D eigenvalue weighted by molar-refractivity contribution is 5.50. The van der Waals surface area contributed by atoms with Crippen LogP contribution in [0, 0.1) is 17.8 Å². The van der Waals surface area contributed by atoms with Crippen molar-refractivity contribution in [3.63, 3.8) is 0 Å². The molecule has 0 aromatic carbocycles. The van der Waals surface area contributed by atoms with Crippen LogP contribution in [0.25, 0.3) is 0 Å². The van der Waals surface area contributed by atoms with Gasteiger partial charge in [-0.3, -0.25) is 0 Å². The van der Waals surface area contributed by atoms with Crippen LogP contribution >= 0.6 is 0 Å². The third-order valence-corrected chi connectivity index (χ3v) is 8.04. The molecule has 0 spiro atoms. The quantitative estimate of drug-likeness (QED) is 0.351. The summed E-state index contributed by atoms with van der Waals surface area (Å²) in [6.45, 7) is 1.44. The van der Waals surface area contributed by atoms with Gasteiger partial charge in [-0.1, -0.05) is 32.1 Å². The number of hydrogen-bond donors (Lipinski definition) is 1. The predicted molar refractivity (Wildman–Crippen MR) is 125 cm³/mol. The monoisotopic (exact) mass is 464 g/mol. The Morgan fingerprint density at radius 3 is 2.27 bits per heavy atom. The fraction of sp³-hybridized carbons (Fsp3) is 0.889. The van der Waals surface area contributed by atoms with E-state index in [9.17, 15) is 9.90 Å². The molecule has 2 heterocycles. The molecule has 0 amide bonds. The summed E-state index contributed by atoms with van der Waals surface area (Å²) in [5.74, 6) is 1.32. The third-order valence-electron chi connectivity index (χ3n) is 8.04. The SMILES string of the molecule is O=CC[C@H]1[C@@H](C(=CCCC2CCCCC2)OC2CCCCO2)[C@@H](OC2CCCCO2)C[C@@H]1O. The lowest BCUT2D eigenvalue weighted by molar-refractivity contribution is -0.201. The number of carbonyl (C=O) groups excluding carboxylic acids is 1. The number of carbonyl (C=O) groups is 1. The first-order valence-corrected chi connectivity index (χ1v) is 13.6. The van der Waals surface area contributed by atoms with Crippen LogP contribution in [-0.2, 0) is 23.7 Å². The van der Waals surface area contributed by atoms with Crippen LogP contribution in [0.5, 0.6) is 0 Å². The number of aldehydes is 1. The molecule has 4 fully saturated rings. The van der Waals surface area contributed by atoms with Crippen LogP contribution in [-0.4, -0.2) is 49.4 Å². The topological polar surface area (TPSA) is 74.2 Å². The van der Waals surface area contributed by atoms with E-state index in [0.29, 0.717) is 12.8 Å². The van der Waals surface area contributed by atoms with Gasteiger partial charge in [0.2, 0.25) is 0 Å². The summed E-state index contributed by atoms with van der Waals surface area (Å²) in [5.41, 5.74) is 0. The van der Waals surface area contributed by atoms with Gasteiger partial charge in [0.25, 0.3) is 0 Å². The Bertz CT molecular complexity index is 604. The lowest BCUT2D eigenvalue weighted by Gasteiger charge is -2.33. The van der Waals surface area contributed by atoms with Crippen molar-refractivity contribution >= 4 is 6.29 Å². The van der Waals surface area contributed by atoms with Crippen LogP contribution in [0.4, 0.5) is 0 Å². The van der Waals surface area contributed by atoms with E-state index in [4.69, 9.17) is 18.9 Å². The molecule has 0 bridgehead atoms. The third kappa shape index (κ3) is 7.27. The Morgan fingerprint density at radius 1 is 0.909 bits per heavy atom. The van der Waals surface area contributed by atoms with Crippen LogP contribution in [0.1, 0.15) is 96.3 Å². The molecular formula is C27H44O6. The van der Waals surface area contributed by atoms with E-state index in [1.807, 2.05) is 0 Å². The molecule has 2 aliphatic carbocycles. The van der Waals surface area contributed by atoms with Crippen molar-refractivity contribution in [2.75, 3.05) is 13.2 Å². The van der Waals surface area contributed by atoms with E-state index in [1.54, 1.807) is 0 Å². The number of ether oxygens (including phenoxy) is 4. The molecule has 6 heteroatoms. The van der Waals surface area contributed by atoms with Crippen molar-refractivity contribution in [2.24, 2.45) is 17.8 Å². The molecule has 0 radical (unpaired) electrons. The number of hydrogen-bond acceptors (Lipinski definition) is 6. The van der Waals surface area contributed by atoms with Gasteiger partial charge in [0.15, 0.2) is 12.6 Å². The second kappa shape index (κ2) is 13.2. The van der Waals surface area contributed by atoms with Gasteiger partial charge in [-0.15, -0.1) is 0 Å². The van der Waals surface area contributed by atoms with E-state index in [2.05, 4.69) is 6.08 Å². The second-order valence-electron chi connectivity index (χ2n) is 10.5. The molecule has 2 saturated heterocycles. The zero-order valence-corrected chi connectivity index (χ0v) is 20.2. The first-order chi connectivity index (χ1) is 16.2. The van der Waals surface area contributed by atoms with E-state index < -0.39 is 6.10 Å². The summed E-state index contributed by atoms with van der Waals surface area (Å²) in [7, 11) is 0. The Balaban J connectivity index is 1.50. The van der Waals surface area contributed by atoms with Gasteiger partial charge in [0.1, 0.15) is 12.0 Å². The minimum atomic E-state index is -0.577. The molecule has 1 N–H and O–H groups in total. The van der Waals surface area contributed by atoms with Gasteiger partial charge in [0.05, 0.1) is 18.8 Å². The number of rotatable bonds is 10. The van der Waals surface area contributed by atoms with Gasteiger partial charge < -0.3 is 28.8 Å². The number of aliphatic hydroxyl groups excluding tert-OH is 1. The molecule has 6 nitrogen and oxygen atoms in total. The smallest absolute Gasteiger partial charge is 0.199 e. The first-order valence-electron chi connectivity index (χ1n) is 13.6. The zero-order valence-electron chi connectivity index (χ0n) is 20.2. The molecule has 2 aliphatic heterocycles. The van der Waals surface area contributed by atoms with Crippen molar-refractivity contribution < 1.29 is 28.8 Å². The van der Waals surface area contributed by atoms with E-state index in [1.165, 1.54) is 38.5 Å². The van der Waals surface area contributed by atoms with Gasteiger partial charge in [-0.2, -0.15) is 0 Å². The maximum Gasteiger partial charge on any atom is 0.199 e. The van der Waals surface area contributed by atoms with Gasteiger partial charge in [-0.05, 0) is 56.9 Å². The highest BCUT2D eigenvalue weighted by Gasteiger charge is 2.47. The average Bonchev–Trinajstić information content (AvgIpc) is 3.15. The Labute approximate surface area is 199 Å². The van der Waals surface area contributed by atoms with Crippen molar-refractivity contribution in [3.8, 4) is 0 Å². The summed E-state index contributed by atoms with van der Waals surface area (Å²) in [6, 6.07) is 0. The molecular weight excluding hydrogens is 420 g/mol. The molecule has 4 rings (SSSR count). The van der Waals surface area contributed by atoms with Crippen molar-refractivity contribution in [1.29, 1.82) is 0 Å². The Kier molecular flexibility index (Phi) is 10.1. The summed E-state index contributed by atoms with van der Waals surface area (Å²) in [6.07, 6.45) is 17.7. The van der Waals surface area contributed by atoms with E-state index in [0.717, 1.165) is 76.1 Å². The zero-order chi connectivity index (χ0) is 22.9. The Hall–Kier alpha value is -0.950. The minimum absolute atomic E-state index is 0.146. The average molecular weight is 465 g/mol. The molecule has 2 saturated carbocycles. The predicted octanol–water partition coefficient (Wildman–Crippen LogP) is 5.27. The highest BCUT2D eigenvalue weighted by atomic mass is 16.7. The van der Waals surface area contributed by atoms with Gasteiger partial charge in [0, 0.05) is 37.7 Å². The number of allylic oxidation sites excluding steroid dienone is 1. The highest BCUT2D eigenvalue weighted by Crippen LogP contribution is 2.43. The van der Waals surface area contributed by atoms with Crippen molar-refractivity contribution in [2.45, 2.75) is 121 Å². The van der Waals surface area contributed by atoms with Gasteiger partial charge in [-0.25, -0.2) is 0 Å². The molecule has 4 aliphatic rings. The van der Waals surface area contributed by atoms with E-state index >= 15 is 0 Å². The fourth-order valence-corrected chi connectivity index (χ4v) is 6.19. The maximum absolute atomic E-state index is 11.5. The first kappa shape index (κ1) is 25.2. The van der Waals surface area contributed by atoms with Crippen molar-refractivity contribution in [3.05, 3.63) is 11.8 Å². The normalized spacial score (nSPS) is 36.6. The lowest BCUT2D eigenvalue weighted by atomic mass is 9.85. The Morgan fingerprint density at radius 2 is 1.61 bits per heavy atom. The van der Waals surface area contributed by atoms with Crippen LogP contribution in [0.3, 0.4) is 0 Å². The minimum Gasteiger partial charge on any atom is -0.469 e. The molecule has 33 heavy (non-hydrogen) atoms. The largest absolute Gasteiger partial charge is 0.469 e. The van der Waals surface area contributed by atoms with Crippen LogP contribution in [0.2, 0.25) is 0 Å². The van der Waals surface area contributed by atoms with E-state index in [-0.39, 0.29) is 30.5 Å². The molecule has 6 atom stereocenters. The lowest BCUT2D eigenvalue weighted by Crippen LogP contribution is -2.34. The van der Waals surface area contributed by atoms with Crippen LogP contribution in [0.15, 0.2) is 11.8 Å². The molecule has 2 unspecified atom stereocenters. The summed E-state index contributed by atoms with van der Waals surface area (Å²) < 4.78 is 24.7. The summed E-state index contributed by atoms with van der Waals surface area (Å²) >= 11 is 0. The molecule has 0 aromatic heterocycles. The summed E-state index contributed by atoms with van der Waals surface area (Å²) in [5, 5.41) is 10.9. The fourth-order valence-electron chi connectivity index (χ4n) is 6.19. The van der Waals surface area contributed by atoms with Crippen LogP contribution < -0.4 is 0 Å². The standard InChI is InChI=1S/C27H44O6/c28-16-15-21-22(29)19-24(33-26-14-5-7-18-31-26)27(21)23(32-25-13-4-6-17-30-25)12-8-11-20-9-2-1-3-10-20/h12,16,20-22,24-27,29H,1-11,13-15,17-19H2/t21-,22+,24+,25?,26?,27+/m1/s1. The molecule has 0 aromatic rings. The maximum atomic E-state index is 11.5. The van der Waals surface area contributed by atoms with Crippen molar-refractivity contribution in [1.82, 2.24) is 0 Å². The second-order valence-corrected chi connectivity index (χ2v) is 10.5. The number of aliphatic hydroxyl groups is 1. The van der Waals surface area contributed by atoms with Gasteiger partial charge >= 0.3 is 0 Å². The summed E-state index contributed by atoms with van der Waals surface area (Å²) in [4.78, 5) is 11.5. The molecule has 188 valence electrons.